The third-order valence-electron chi connectivity index (χ3n) is 3.07. The Kier molecular flexibility index (Phi) is 3.37. The third-order valence-corrected chi connectivity index (χ3v) is 3.07. The van der Waals surface area contributed by atoms with Crippen LogP contribution in [0.4, 0.5) is 4.39 Å². The van der Waals surface area contributed by atoms with Gasteiger partial charge in [-0.3, -0.25) is 0 Å². The van der Waals surface area contributed by atoms with Crippen molar-refractivity contribution in [3.8, 4) is 0 Å². The van der Waals surface area contributed by atoms with E-state index in [0.29, 0.717) is 6.04 Å². The lowest BCUT2D eigenvalue weighted by molar-refractivity contribution is 0.538. The first-order valence-electron chi connectivity index (χ1n) is 5.74. The molecule has 0 bridgehead atoms. The van der Waals surface area contributed by atoms with Crippen molar-refractivity contribution in [1.29, 1.82) is 0 Å². The van der Waals surface area contributed by atoms with Crippen LogP contribution < -0.4 is 5.32 Å². The molecule has 82 valence electrons. The zero-order chi connectivity index (χ0) is 10.7. The Morgan fingerprint density at radius 1 is 1.33 bits per heavy atom. The van der Waals surface area contributed by atoms with Crippen molar-refractivity contribution in [2.75, 3.05) is 6.54 Å². The molecule has 1 nitrogen and oxygen atoms in total. The number of hydrogen-bond acceptors (Lipinski definition) is 1. The van der Waals surface area contributed by atoms with E-state index < -0.39 is 0 Å². The maximum absolute atomic E-state index is 12.7. The minimum atomic E-state index is -0.163. The van der Waals surface area contributed by atoms with Gasteiger partial charge in [-0.1, -0.05) is 25.0 Å². The Bertz CT molecular complexity index is 303. The summed E-state index contributed by atoms with van der Waals surface area (Å²) in [5, 5.41) is 3.47. The average molecular weight is 207 g/mol. The Morgan fingerprint density at radius 3 is 2.60 bits per heavy atom. The Hall–Kier alpha value is -0.890. The van der Waals surface area contributed by atoms with Gasteiger partial charge in [-0.15, -0.1) is 0 Å². The smallest absolute Gasteiger partial charge is 0.123 e. The Morgan fingerprint density at radius 2 is 2.00 bits per heavy atom. The van der Waals surface area contributed by atoms with Crippen LogP contribution in [0.2, 0.25) is 0 Å². The highest BCUT2D eigenvalue weighted by atomic mass is 19.1. The second-order valence-electron chi connectivity index (χ2n) is 4.46. The van der Waals surface area contributed by atoms with Crippen molar-refractivity contribution in [3.05, 3.63) is 35.6 Å². The van der Waals surface area contributed by atoms with Gasteiger partial charge in [0, 0.05) is 6.04 Å². The van der Waals surface area contributed by atoms with Gasteiger partial charge >= 0.3 is 0 Å². The molecule has 1 aromatic carbocycles. The van der Waals surface area contributed by atoms with Crippen LogP contribution in [0.25, 0.3) is 0 Å². The van der Waals surface area contributed by atoms with Crippen LogP contribution in [-0.2, 0) is 0 Å². The monoisotopic (exact) mass is 207 g/mol. The molecule has 1 fully saturated rings. The van der Waals surface area contributed by atoms with Gasteiger partial charge in [0.2, 0.25) is 0 Å². The molecule has 1 aliphatic rings. The Labute approximate surface area is 90.7 Å². The molecule has 0 radical (unpaired) electrons. The number of rotatable bonds is 5. The van der Waals surface area contributed by atoms with Gasteiger partial charge in [-0.2, -0.15) is 0 Å². The fraction of sp³-hybridized carbons (Fsp3) is 0.538. The highest BCUT2D eigenvalue weighted by Crippen LogP contribution is 2.31. The minimum absolute atomic E-state index is 0.163. The maximum Gasteiger partial charge on any atom is 0.123 e. The number of nitrogens with one attached hydrogen (secondary N) is 1. The van der Waals surface area contributed by atoms with Crippen LogP contribution in [0.1, 0.15) is 37.8 Å². The largest absolute Gasteiger partial charge is 0.310 e. The number of benzene rings is 1. The predicted molar refractivity (Wildman–Crippen MR) is 60.2 cm³/mol. The first-order valence-corrected chi connectivity index (χ1v) is 5.74. The first kappa shape index (κ1) is 10.6. The van der Waals surface area contributed by atoms with E-state index in [4.69, 9.17) is 0 Å². The molecule has 0 heterocycles. The van der Waals surface area contributed by atoms with Crippen LogP contribution in [0.15, 0.2) is 24.3 Å². The van der Waals surface area contributed by atoms with E-state index in [-0.39, 0.29) is 5.82 Å². The molecule has 1 aliphatic carbocycles. The molecule has 1 atom stereocenters. The fourth-order valence-corrected chi connectivity index (χ4v) is 1.78. The zero-order valence-electron chi connectivity index (χ0n) is 9.17. The molecule has 2 heteroatoms. The van der Waals surface area contributed by atoms with E-state index in [1.165, 1.54) is 31.4 Å². The van der Waals surface area contributed by atoms with Gasteiger partial charge in [-0.05, 0) is 43.5 Å². The standard InChI is InChI=1S/C13H18FN/c1-10(15-9-8-11-2-3-11)12-4-6-13(14)7-5-12/h4-7,10-11,15H,2-3,8-9H2,1H3/t10-/m1/s1. The first-order chi connectivity index (χ1) is 7.25. The van der Waals surface area contributed by atoms with E-state index in [0.717, 1.165) is 18.0 Å². The molecule has 0 amide bonds. The van der Waals surface area contributed by atoms with Crippen LogP contribution in [0, 0.1) is 11.7 Å². The second-order valence-corrected chi connectivity index (χ2v) is 4.46. The molecule has 15 heavy (non-hydrogen) atoms. The zero-order valence-corrected chi connectivity index (χ0v) is 9.17. The van der Waals surface area contributed by atoms with Gasteiger partial charge < -0.3 is 5.32 Å². The summed E-state index contributed by atoms with van der Waals surface area (Å²) >= 11 is 0. The average Bonchev–Trinajstić information content (AvgIpc) is 3.02. The van der Waals surface area contributed by atoms with Gasteiger partial charge in [0.05, 0.1) is 0 Å². The van der Waals surface area contributed by atoms with Gasteiger partial charge in [0.1, 0.15) is 5.82 Å². The molecule has 2 rings (SSSR count). The molecule has 1 N–H and O–H groups in total. The number of hydrogen-bond donors (Lipinski definition) is 1. The van der Waals surface area contributed by atoms with Crippen molar-refractivity contribution in [2.45, 2.75) is 32.2 Å². The lowest BCUT2D eigenvalue weighted by Crippen LogP contribution is -2.20. The van der Waals surface area contributed by atoms with Gasteiger partial charge in [0.25, 0.3) is 0 Å². The normalized spacial score (nSPS) is 17.7. The summed E-state index contributed by atoms with van der Waals surface area (Å²) < 4.78 is 12.7. The molecule has 1 aromatic rings. The minimum Gasteiger partial charge on any atom is -0.310 e. The summed E-state index contributed by atoms with van der Waals surface area (Å²) in [6, 6.07) is 7.07. The van der Waals surface area contributed by atoms with E-state index in [1.54, 1.807) is 0 Å². The van der Waals surface area contributed by atoms with E-state index in [9.17, 15) is 4.39 Å². The molecule has 0 spiro atoms. The van der Waals surface area contributed by atoms with Crippen LogP contribution >= 0.6 is 0 Å². The van der Waals surface area contributed by atoms with E-state index in [1.807, 2.05) is 12.1 Å². The summed E-state index contributed by atoms with van der Waals surface area (Å²) in [7, 11) is 0. The molecule has 0 aliphatic heterocycles. The highest BCUT2D eigenvalue weighted by molar-refractivity contribution is 5.19. The molecule has 0 saturated heterocycles. The van der Waals surface area contributed by atoms with Gasteiger partial charge in [-0.25, -0.2) is 4.39 Å². The summed E-state index contributed by atoms with van der Waals surface area (Å²) in [4.78, 5) is 0. The molecule has 0 aromatic heterocycles. The van der Waals surface area contributed by atoms with Crippen molar-refractivity contribution in [1.82, 2.24) is 5.32 Å². The fourth-order valence-electron chi connectivity index (χ4n) is 1.78. The van der Waals surface area contributed by atoms with E-state index in [2.05, 4.69) is 12.2 Å². The van der Waals surface area contributed by atoms with E-state index >= 15 is 0 Å². The van der Waals surface area contributed by atoms with Crippen molar-refractivity contribution in [3.63, 3.8) is 0 Å². The highest BCUT2D eigenvalue weighted by Gasteiger charge is 2.20. The van der Waals surface area contributed by atoms with Gasteiger partial charge in [0.15, 0.2) is 0 Å². The number of halogens is 1. The second kappa shape index (κ2) is 4.75. The van der Waals surface area contributed by atoms with Crippen LogP contribution in [0.3, 0.4) is 0 Å². The lowest BCUT2D eigenvalue weighted by atomic mass is 10.1. The SMILES string of the molecule is C[C@@H](NCCC1CC1)c1ccc(F)cc1. The van der Waals surface area contributed by atoms with Crippen LogP contribution in [-0.4, -0.2) is 6.54 Å². The topological polar surface area (TPSA) is 12.0 Å². The van der Waals surface area contributed by atoms with Crippen LogP contribution in [0.5, 0.6) is 0 Å². The maximum atomic E-state index is 12.7. The summed E-state index contributed by atoms with van der Waals surface area (Å²) in [6.45, 7) is 3.20. The van der Waals surface area contributed by atoms with Crippen molar-refractivity contribution >= 4 is 0 Å². The van der Waals surface area contributed by atoms with Crippen molar-refractivity contribution < 1.29 is 4.39 Å². The molecule has 0 unspecified atom stereocenters. The molecule has 1 saturated carbocycles. The quantitative estimate of drug-likeness (QED) is 0.781. The summed E-state index contributed by atoms with van der Waals surface area (Å²) in [6.07, 6.45) is 4.10. The summed E-state index contributed by atoms with van der Waals surface area (Å²) in [5.41, 5.74) is 1.16. The van der Waals surface area contributed by atoms with Crippen molar-refractivity contribution in [2.24, 2.45) is 5.92 Å². The molecular weight excluding hydrogens is 189 g/mol. The third kappa shape index (κ3) is 3.31. The predicted octanol–water partition coefficient (Wildman–Crippen LogP) is 3.28. The Balaban J connectivity index is 1.78. The lowest BCUT2D eigenvalue weighted by Gasteiger charge is -2.13. The summed E-state index contributed by atoms with van der Waals surface area (Å²) in [5.74, 6) is 0.807. The molecular formula is C13H18FN.